The fourth-order valence-electron chi connectivity index (χ4n) is 5.17. The minimum absolute atomic E-state index is 0.0600. The lowest BCUT2D eigenvalue weighted by Crippen LogP contribution is -2.43. The molecule has 0 aromatic heterocycles. The summed E-state index contributed by atoms with van der Waals surface area (Å²) in [5.74, 6) is 0.139. The average molecular weight is 598 g/mol. The van der Waals surface area contributed by atoms with E-state index in [1.54, 1.807) is 17.5 Å². The van der Waals surface area contributed by atoms with E-state index in [9.17, 15) is 18.3 Å². The third kappa shape index (κ3) is 7.17. The van der Waals surface area contributed by atoms with Gasteiger partial charge in [-0.15, -0.1) is 11.8 Å². The van der Waals surface area contributed by atoms with E-state index in [1.165, 1.54) is 11.8 Å². The second kappa shape index (κ2) is 13.6. The highest BCUT2D eigenvalue weighted by atomic mass is 32.2. The van der Waals surface area contributed by atoms with Crippen molar-refractivity contribution < 1.29 is 23.1 Å². The molecule has 8 nitrogen and oxygen atoms in total. The summed E-state index contributed by atoms with van der Waals surface area (Å²) < 4.78 is 36.3. The molecule has 0 amide bonds. The number of carboxylic acid groups (broad SMARTS) is 1. The van der Waals surface area contributed by atoms with Crippen molar-refractivity contribution in [1.82, 2.24) is 4.31 Å². The molecule has 3 aromatic carbocycles. The van der Waals surface area contributed by atoms with E-state index in [2.05, 4.69) is 11.8 Å². The molecule has 1 aliphatic heterocycles. The maximum absolute atomic E-state index is 14.7. The molecule has 1 heterocycles. The van der Waals surface area contributed by atoms with Crippen LogP contribution in [0.4, 0.5) is 17.1 Å². The Morgan fingerprint density at radius 3 is 2.41 bits per heavy atom. The van der Waals surface area contributed by atoms with E-state index < -0.39 is 16.0 Å². The van der Waals surface area contributed by atoms with Crippen LogP contribution in [0.5, 0.6) is 5.75 Å². The minimum Gasteiger partial charge on any atom is -0.497 e. The molecule has 0 spiro atoms. The zero-order valence-corrected chi connectivity index (χ0v) is 25.7. The average Bonchev–Trinajstić information content (AvgIpc) is 3.04. The van der Waals surface area contributed by atoms with Gasteiger partial charge >= 0.3 is 5.97 Å². The first-order valence-electron chi connectivity index (χ1n) is 13.8. The number of nitrogens with zero attached hydrogens (tertiary/aromatic N) is 3. The lowest BCUT2D eigenvalue weighted by molar-refractivity contribution is -0.133. The summed E-state index contributed by atoms with van der Waals surface area (Å²) in [6.07, 6.45) is 2.59. The molecule has 3 aromatic rings. The van der Waals surface area contributed by atoms with Crippen molar-refractivity contribution >= 4 is 44.8 Å². The standard InChI is InChI=1S/C31H39N3O5S2/c1-5-6-10-26-20-33(25-11-8-7-9-12-25)29-18-28(32(2)3)24(21-40-22-31(35)36)17-30(29)41(37,38)34(26)19-23-13-15-27(39-4)16-14-23/h7-9,11-18,26H,5-6,10,19-22H2,1-4H3,(H,35,36)/t26-/m1/s1. The number of thioether (sulfide) groups is 1. The number of unbranched alkanes of at least 4 members (excludes halogenated alkanes) is 1. The number of methoxy groups -OCH3 is 1. The Morgan fingerprint density at radius 2 is 1.80 bits per heavy atom. The van der Waals surface area contributed by atoms with E-state index in [1.807, 2.05) is 79.7 Å². The summed E-state index contributed by atoms with van der Waals surface area (Å²) >= 11 is 1.26. The van der Waals surface area contributed by atoms with Crippen LogP contribution in [0, 0.1) is 0 Å². The Kier molecular flexibility index (Phi) is 10.2. The van der Waals surface area contributed by atoms with Gasteiger partial charge in [-0.3, -0.25) is 4.79 Å². The first-order chi connectivity index (χ1) is 19.6. The molecule has 1 atom stereocenters. The summed E-state index contributed by atoms with van der Waals surface area (Å²) in [6.45, 7) is 2.86. The highest BCUT2D eigenvalue weighted by molar-refractivity contribution is 7.99. The summed E-state index contributed by atoms with van der Waals surface area (Å²) in [5.41, 5.74) is 4.09. The van der Waals surface area contributed by atoms with E-state index in [0.717, 1.165) is 47.5 Å². The first kappa shape index (κ1) is 30.7. The molecule has 220 valence electrons. The van der Waals surface area contributed by atoms with Crippen molar-refractivity contribution in [2.45, 2.75) is 49.4 Å². The topological polar surface area (TPSA) is 90.4 Å². The van der Waals surface area contributed by atoms with Crippen molar-refractivity contribution in [3.8, 4) is 5.75 Å². The Balaban J connectivity index is 1.90. The highest BCUT2D eigenvalue weighted by Gasteiger charge is 2.39. The number of fused-ring (bicyclic) bond motifs is 1. The Bertz CT molecular complexity index is 1430. The molecule has 0 bridgehead atoms. The Morgan fingerprint density at radius 1 is 1.10 bits per heavy atom. The van der Waals surface area contributed by atoms with Gasteiger partial charge in [0, 0.05) is 50.4 Å². The molecule has 1 aliphatic rings. The third-order valence-corrected chi connectivity index (χ3v) is 10.2. The predicted octanol–water partition coefficient (Wildman–Crippen LogP) is 5.98. The fourth-order valence-corrected chi connectivity index (χ4v) is 7.76. The molecule has 0 radical (unpaired) electrons. The number of hydrogen-bond acceptors (Lipinski definition) is 7. The molecule has 10 heteroatoms. The van der Waals surface area contributed by atoms with Crippen LogP contribution in [0.15, 0.2) is 71.6 Å². The van der Waals surface area contributed by atoms with Crippen LogP contribution in [0.1, 0.15) is 37.3 Å². The van der Waals surface area contributed by atoms with Crippen molar-refractivity contribution in [1.29, 1.82) is 0 Å². The zero-order valence-electron chi connectivity index (χ0n) is 24.1. The summed E-state index contributed by atoms with van der Waals surface area (Å²) in [4.78, 5) is 15.5. The van der Waals surface area contributed by atoms with Gasteiger partial charge in [-0.25, -0.2) is 8.42 Å². The molecule has 4 rings (SSSR count). The van der Waals surface area contributed by atoms with Crippen LogP contribution in [-0.4, -0.2) is 63.3 Å². The van der Waals surface area contributed by atoms with Crippen LogP contribution >= 0.6 is 11.8 Å². The monoisotopic (exact) mass is 597 g/mol. The van der Waals surface area contributed by atoms with Crippen LogP contribution in [0.25, 0.3) is 0 Å². The molecule has 0 aliphatic carbocycles. The van der Waals surface area contributed by atoms with E-state index >= 15 is 0 Å². The van der Waals surface area contributed by atoms with Crippen LogP contribution in [0.2, 0.25) is 0 Å². The number of anilines is 3. The third-order valence-electron chi connectivity index (χ3n) is 7.26. The van der Waals surface area contributed by atoms with Gasteiger partial charge in [0.05, 0.1) is 18.6 Å². The lowest BCUT2D eigenvalue weighted by Gasteiger charge is -2.32. The molecular formula is C31H39N3O5S2. The van der Waals surface area contributed by atoms with Gasteiger partial charge in [0.15, 0.2) is 0 Å². The maximum Gasteiger partial charge on any atom is 0.313 e. The molecule has 0 unspecified atom stereocenters. The number of para-hydroxylation sites is 1. The predicted molar refractivity (Wildman–Crippen MR) is 167 cm³/mol. The van der Waals surface area contributed by atoms with Crippen molar-refractivity contribution in [3.63, 3.8) is 0 Å². The summed E-state index contributed by atoms with van der Waals surface area (Å²) in [7, 11) is 1.51. The van der Waals surface area contributed by atoms with Crippen molar-refractivity contribution in [2.24, 2.45) is 0 Å². The number of ether oxygens (including phenoxy) is 1. The second-order valence-electron chi connectivity index (χ2n) is 10.4. The molecule has 1 N–H and O–H groups in total. The second-order valence-corrected chi connectivity index (χ2v) is 13.2. The van der Waals surface area contributed by atoms with Gasteiger partial charge in [-0.05, 0) is 53.9 Å². The van der Waals surface area contributed by atoms with Crippen LogP contribution in [0.3, 0.4) is 0 Å². The number of aliphatic carboxylic acids is 1. The van der Waals surface area contributed by atoms with Gasteiger partial charge in [-0.2, -0.15) is 4.31 Å². The lowest BCUT2D eigenvalue weighted by atomic mass is 10.1. The van der Waals surface area contributed by atoms with Crippen LogP contribution < -0.4 is 14.5 Å². The molecule has 0 saturated carbocycles. The quantitative estimate of drug-likeness (QED) is 0.273. The largest absolute Gasteiger partial charge is 0.497 e. The number of carbonyl (C=O) groups is 1. The molecule has 0 fully saturated rings. The number of rotatable bonds is 12. The smallest absolute Gasteiger partial charge is 0.313 e. The fraction of sp³-hybridized carbons (Fsp3) is 0.387. The highest BCUT2D eigenvalue weighted by Crippen LogP contribution is 2.43. The molecule has 41 heavy (non-hydrogen) atoms. The van der Waals surface area contributed by atoms with E-state index in [0.29, 0.717) is 18.0 Å². The van der Waals surface area contributed by atoms with Gasteiger partial charge in [0.2, 0.25) is 10.0 Å². The first-order valence-corrected chi connectivity index (χ1v) is 16.4. The minimum atomic E-state index is -3.94. The molecular weight excluding hydrogens is 558 g/mol. The van der Waals surface area contributed by atoms with Gasteiger partial charge < -0.3 is 19.6 Å². The maximum atomic E-state index is 14.7. The van der Waals surface area contributed by atoms with E-state index in [4.69, 9.17) is 4.74 Å². The summed E-state index contributed by atoms with van der Waals surface area (Å²) in [6, 6.07) is 20.9. The number of sulfonamides is 1. The SMILES string of the molecule is CCCC[C@@H]1CN(c2ccccc2)c2cc(N(C)C)c(CSCC(=O)O)cc2S(=O)(=O)N1Cc1ccc(OC)cc1. The van der Waals surface area contributed by atoms with Gasteiger partial charge in [-0.1, -0.05) is 50.1 Å². The van der Waals surface area contributed by atoms with Crippen molar-refractivity contribution in [2.75, 3.05) is 43.3 Å². The van der Waals surface area contributed by atoms with Gasteiger partial charge in [0.25, 0.3) is 0 Å². The zero-order chi connectivity index (χ0) is 29.6. The number of benzene rings is 3. The van der Waals surface area contributed by atoms with Crippen molar-refractivity contribution in [3.05, 3.63) is 77.9 Å². The summed E-state index contributed by atoms with van der Waals surface area (Å²) in [5, 5.41) is 9.20. The van der Waals surface area contributed by atoms with E-state index in [-0.39, 0.29) is 23.2 Å². The molecule has 0 saturated heterocycles. The number of carboxylic acids is 1. The van der Waals surface area contributed by atoms with Gasteiger partial charge in [0.1, 0.15) is 10.6 Å². The Labute approximate surface area is 248 Å². The number of hydrogen-bond donors (Lipinski definition) is 1. The van der Waals surface area contributed by atoms with Crippen LogP contribution in [-0.2, 0) is 27.1 Å². The normalized spacial score (nSPS) is 16.6. The Hall–Kier alpha value is -3.21.